The van der Waals surface area contributed by atoms with Crippen molar-refractivity contribution in [2.75, 3.05) is 20.3 Å². The van der Waals surface area contributed by atoms with Crippen LogP contribution >= 0.6 is 0 Å². The van der Waals surface area contributed by atoms with Crippen LogP contribution in [0.2, 0.25) is 0 Å². The van der Waals surface area contributed by atoms with Crippen molar-refractivity contribution in [1.82, 2.24) is 0 Å². The van der Waals surface area contributed by atoms with Crippen molar-refractivity contribution in [2.45, 2.75) is 26.4 Å². The first-order valence-electron chi connectivity index (χ1n) is 4.38. The third kappa shape index (κ3) is 7.74. The van der Waals surface area contributed by atoms with E-state index in [-0.39, 0.29) is 18.4 Å². The van der Waals surface area contributed by atoms with Crippen LogP contribution in [0.5, 0.6) is 0 Å². The monoisotopic (exact) mass is 190 g/mol. The molecule has 0 aliphatic rings. The van der Waals surface area contributed by atoms with E-state index in [2.05, 4.69) is 0 Å². The van der Waals surface area contributed by atoms with Gasteiger partial charge < -0.3 is 14.6 Å². The quantitative estimate of drug-likeness (QED) is 0.654. The highest BCUT2D eigenvalue weighted by Gasteiger charge is 2.09. The number of rotatable bonds is 7. The third-order valence-corrected chi connectivity index (χ3v) is 1.59. The minimum absolute atomic E-state index is 0.0289. The Kier molecular flexibility index (Phi) is 6.54. The fraction of sp³-hybridized carbons (Fsp3) is 0.889. The normalized spacial score (nSPS) is 15.3. The highest BCUT2D eigenvalue weighted by Crippen LogP contribution is 2.04. The summed E-state index contributed by atoms with van der Waals surface area (Å²) in [6.45, 7) is 4.77. The molecule has 1 N–H and O–H groups in total. The molecular weight excluding hydrogens is 172 g/mol. The van der Waals surface area contributed by atoms with E-state index in [4.69, 9.17) is 14.6 Å². The van der Waals surface area contributed by atoms with Crippen LogP contribution in [-0.4, -0.2) is 37.5 Å². The van der Waals surface area contributed by atoms with Gasteiger partial charge in [-0.15, -0.1) is 0 Å². The lowest BCUT2D eigenvalue weighted by atomic mass is 10.1. The smallest absolute Gasteiger partial charge is 0.303 e. The molecule has 4 nitrogen and oxygen atoms in total. The molecule has 0 aromatic heterocycles. The molecule has 0 aromatic carbocycles. The van der Waals surface area contributed by atoms with Crippen molar-refractivity contribution < 1.29 is 19.4 Å². The van der Waals surface area contributed by atoms with Crippen LogP contribution in [0.1, 0.15) is 20.3 Å². The summed E-state index contributed by atoms with van der Waals surface area (Å²) in [5.41, 5.74) is 0. The number of carboxylic acid groups (broad SMARTS) is 1. The Labute approximate surface area is 78.8 Å². The van der Waals surface area contributed by atoms with Gasteiger partial charge in [0, 0.05) is 7.11 Å². The molecule has 78 valence electrons. The first kappa shape index (κ1) is 12.4. The predicted octanol–water partition coefficient (Wildman–Crippen LogP) is 1.15. The van der Waals surface area contributed by atoms with E-state index in [9.17, 15) is 4.79 Å². The van der Waals surface area contributed by atoms with E-state index in [0.717, 1.165) is 0 Å². The van der Waals surface area contributed by atoms with E-state index in [1.807, 2.05) is 13.8 Å². The summed E-state index contributed by atoms with van der Waals surface area (Å²) in [5.74, 6) is -0.729. The van der Waals surface area contributed by atoms with Crippen LogP contribution in [0.4, 0.5) is 0 Å². The van der Waals surface area contributed by atoms with Crippen molar-refractivity contribution in [2.24, 2.45) is 5.92 Å². The van der Waals surface area contributed by atoms with Gasteiger partial charge >= 0.3 is 5.97 Å². The molecule has 0 aromatic rings. The Morgan fingerprint density at radius 3 is 2.46 bits per heavy atom. The molecule has 0 bridgehead atoms. The van der Waals surface area contributed by atoms with Crippen LogP contribution in [0.25, 0.3) is 0 Å². The molecule has 0 saturated carbocycles. The minimum atomic E-state index is -0.782. The third-order valence-electron chi connectivity index (χ3n) is 1.59. The van der Waals surface area contributed by atoms with Gasteiger partial charge in [-0.05, 0) is 12.8 Å². The first-order valence-corrected chi connectivity index (χ1v) is 4.38. The van der Waals surface area contributed by atoms with E-state index in [1.54, 1.807) is 7.11 Å². The van der Waals surface area contributed by atoms with Gasteiger partial charge in [-0.3, -0.25) is 4.79 Å². The number of carboxylic acids is 1. The fourth-order valence-electron chi connectivity index (χ4n) is 0.968. The Morgan fingerprint density at radius 1 is 1.38 bits per heavy atom. The SMILES string of the molecule is COCC(C)OCC(C)CC(=O)O. The maximum absolute atomic E-state index is 10.3. The van der Waals surface area contributed by atoms with Crippen LogP contribution in [0.15, 0.2) is 0 Å². The summed E-state index contributed by atoms with van der Waals surface area (Å²) in [7, 11) is 1.61. The summed E-state index contributed by atoms with van der Waals surface area (Å²) in [5, 5.41) is 8.47. The van der Waals surface area contributed by atoms with Gasteiger partial charge in [0.2, 0.25) is 0 Å². The van der Waals surface area contributed by atoms with Crippen LogP contribution < -0.4 is 0 Å². The Hall–Kier alpha value is -0.610. The second-order valence-electron chi connectivity index (χ2n) is 3.30. The van der Waals surface area contributed by atoms with Crippen LogP contribution in [0, 0.1) is 5.92 Å². The molecule has 0 radical (unpaired) electrons. The molecule has 0 saturated heterocycles. The molecule has 0 spiro atoms. The number of ether oxygens (including phenoxy) is 2. The maximum atomic E-state index is 10.3. The lowest BCUT2D eigenvalue weighted by Crippen LogP contribution is -2.19. The molecule has 0 amide bonds. The zero-order valence-corrected chi connectivity index (χ0v) is 8.45. The number of hydrogen-bond acceptors (Lipinski definition) is 3. The van der Waals surface area contributed by atoms with Crippen LogP contribution in [0.3, 0.4) is 0 Å². The molecule has 0 aliphatic heterocycles. The Bertz CT molecular complexity index is 147. The minimum Gasteiger partial charge on any atom is -0.481 e. The number of methoxy groups -OCH3 is 1. The molecule has 2 atom stereocenters. The van der Waals surface area contributed by atoms with Crippen LogP contribution in [-0.2, 0) is 14.3 Å². The van der Waals surface area contributed by atoms with E-state index < -0.39 is 5.97 Å². The van der Waals surface area contributed by atoms with Crippen molar-refractivity contribution in [1.29, 1.82) is 0 Å². The van der Waals surface area contributed by atoms with E-state index in [1.165, 1.54) is 0 Å². The standard InChI is InChI=1S/C9H18O4/c1-7(4-9(10)11)5-13-8(2)6-12-3/h7-8H,4-6H2,1-3H3,(H,10,11). The second-order valence-corrected chi connectivity index (χ2v) is 3.30. The predicted molar refractivity (Wildman–Crippen MR) is 48.7 cm³/mol. The van der Waals surface area contributed by atoms with Gasteiger partial charge in [-0.25, -0.2) is 0 Å². The number of aliphatic carboxylic acids is 1. The highest BCUT2D eigenvalue weighted by atomic mass is 16.5. The van der Waals surface area contributed by atoms with Crippen molar-refractivity contribution >= 4 is 5.97 Å². The van der Waals surface area contributed by atoms with Crippen molar-refractivity contribution in [3.63, 3.8) is 0 Å². The molecule has 0 heterocycles. The molecular formula is C9H18O4. The van der Waals surface area contributed by atoms with Gasteiger partial charge in [-0.1, -0.05) is 6.92 Å². The van der Waals surface area contributed by atoms with E-state index >= 15 is 0 Å². The summed E-state index contributed by atoms with van der Waals surface area (Å²) < 4.78 is 10.2. The Morgan fingerprint density at radius 2 is 2.00 bits per heavy atom. The molecule has 2 unspecified atom stereocenters. The average molecular weight is 190 g/mol. The lowest BCUT2D eigenvalue weighted by molar-refractivity contribution is -0.138. The second kappa shape index (κ2) is 6.86. The molecule has 0 aliphatic carbocycles. The average Bonchev–Trinajstić information content (AvgIpc) is 2.00. The topological polar surface area (TPSA) is 55.8 Å². The van der Waals surface area contributed by atoms with Gasteiger partial charge in [-0.2, -0.15) is 0 Å². The maximum Gasteiger partial charge on any atom is 0.303 e. The molecule has 4 heteroatoms. The summed E-state index contributed by atoms with van der Waals surface area (Å²) in [6, 6.07) is 0. The first-order chi connectivity index (χ1) is 6.06. The molecule has 0 fully saturated rings. The zero-order chi connectivity index (χ0) is 10.3. The summed E-state index contributed by atoms with van der Waals surface area (Å²) in [4.78, 5) is 10.3. The zero-order valence-electron chi connectivity index (χ0n) is 8.45. The van der Waals surface area contributed by atoms with Crippen molar-refractivity contribution in [3.8, 4) is 0 Å². The number of carbonyl (C=O) groups is 1. The summed E-state index contributed by atoms with van der Waals surface area (Å²) in [6.07, 6.45) is 0.181. The Balaban J connectivity index is 3.45. The molecule has 13 heavy (non-hydrogen) atoms. The van der Waals surface area contributed by atoms with Gasteiger partial charge in [0.1, 0.15) is 0 Å². The van der Waals surface area contributed by atoms with Gasteiger partial charge in [0.25, 0.3) is 0 Å². The van der Waals surface area contributed by atoms with Crippen molar-refractivity contribution in [3.05, 3.63) is 0 Å². The summed E-state index contributed by atoms with van der Waals surface area (Å²) >= 11 is 0. The largest absolute Gasteiger partial charge is 0.481 e. The van der Waals surface area contributed by atoms with E-state index in [0.29, 0.717) is 13.2 Å². The highest BCUT2D eigenvalue weighted by molar-refractivity contribution is 5.66. The number of hydrogen-bond donors (Lipinski definition) is 1. The molecule has 0 rings (SSSR count). The van der Waals surface area contributed by atoms with Gasteiger partial charge in [0.15, 0.2) is 0 Å². The lowest BCUT2D eigenvalue weighted by Gasteiger charge is -2.14. The fourth-order valence-corrected chi connectivity index (χ4v) is 0.968. The van der Waals surface area contributed by atoms with Gasteiger partial charge in [0.05, 0.1) is 25.7 Å².